The Morgan fingerprint density at radius 2 is 2.21 bits per heavy atom. The number of carbonyl (C=O) groups is 1. The molecule has 14 heavy (non-hydrogen) atoms. The highest BCUT2D eigenvalue weighted by Crippen LogP contribution is 2.26. The first-order valence-electron chi connectivity index (χ1n) is 5.51. The highest BCUT2D eigenvalue weighted by atomic mass is 16.6. The fourth-order valence-electron chi connectivity index (χ4n) is 1.89. The zero-order chi connectivity index (χ0) is 10.6. The van der Waals surface area contributed by atoms with Crippen molar-refractivity contribution < 1.29 is 14.6 Å². The largest absolute Gasteiger partial charge is 0.460 e. The highest BCUT2D eigenvalue weighted by molar-refractivity contribution is 5.69. The van der Waals surface area contributed by atoms with Gasteiger partial charge in [-0.3, -0.25) is 4.79 Å². The van der Waals surface area contributed by atoms with E-state index in [9.17, 15) is 9.90 Å². The van der Waals surface area contributed by atoms with Crippen molar-refractivity contribution in [3.8, 4) is 0 Å². The second-order valence-corrected chi connectivity index (χ2v) is 4.26. The molecule has 3 heteroatoms. The van der Waals surface area contributed by atoms with Crippen LogP contribution in [-0.4, -0.2) is 23.3 Å². The van der Waals surface area contributed by atoms with Crippen LogP contribution in [0.25, 0.3) is 0 Å². The summed E-state index contributed by atoms with van der Waals surface area (Å²) >= 11 is 0. The Bertz CT molecular complexity index is 191. The van der Waals surface area contributed by atoms with Gasteiger partial charge >= 0.3 is 5.97 Å². The van der Waals surface area contributed by atoms with Gasteiger partial charge in [-0.2, -0.15) is 0 Å². The Morgan fingerprint density at radius 3 is 2.79 bits per heavy atom. The van der Waals surface area contributed by atoms with E-state index in [1.54, 1.807) is 0 Å². The van der Waals surface area contributed by atoms with E-state index in [1.165, 1.54) is 0 Å². The smallest absolute Gasteiger partial charge is 0.306 e. The maximum atomic E-state index is 11.2. The summed E-state index contributed by atoms with van der Waals surface area (Å²) in [7, 11) is 0. The van der Waals surface area contributed by atoms with Crippen molar-refractivity contribution in [1.29, 1.82) is 0 Å². The molecule has 0 amide bonds. The number of carbonyl (C=O) groups excluding carboxylic acids is 1. The minimum absolute atomic E-state index is 0.175. The maximum Gasteiger partial charge on any atom is 0.306 e. The van der Waals surface area contributed by atoms with Crippen molar-refractivity contribution in [2.24, 2.45) is 5.92 Å². The number of aliphatic hydroxyl groups is 1. The van der Waals surface area contributed by atoms with Gasteiger partial charge in [0.1, 0.15) is 6.10 Å². The van der Waals surface area contributed by atoms with Gasteiger partial charge in [0.25, 0.3) is 0 Å². The van der Waals surface area contributed by atoms with E-state index in [1.807, 2.05) is 6.92 Å². The van der Waals surface area contributed by atoms with E-state index < -0.39 is 6.10 Å². The standard InChI is InChI=1S/C11H20O3/c1-3-4-11(13)14-10-6-5-8(2)7-9(10)12/h8-10,12H,3-7H2,1-2H3. The summed E-state index contributed by atoms with van der Waals surface area (Å²) in [6, 6.07) is 0. The van der Waals surface area contributed by atoms with E-state index in [0.717, 1.165) is 25.7 Å². The van der Waals surface area contributed by atoms with Crippen molar-refractivity contribution >= 4 is 5.97 Å². The van der Waals surface area contributed by atoms with Crippen molar-refractivity contribution in [1.82, 2.24) is 0 Å². The molecule has 0 aromatic rings. The van der Waals surface area contributed by atoms with Gasteiger partial charge in [0.2, 0.25) is 0 Å². The molecule has 1 saturated carbocycles. The van der Waals surface area contributed by atoms with Crippen molar-refractivity contribution in [3.05, 3.63) is 0 Å². The number of hydrogen-bond acceptors (Lipinski definition) is 3. The Labute approximate surface area is 85.5 Å². The van der Waals surface area contributed by atoms with E-state index in [0.29, 0.717) is 12.3 Å². The fraction of sp³-hybridized carbons (Fsp3) is 0.909. The van der Waals surface area contributed by atoms with Crippen LogP contribution in [0.15, 0.2) is 0 Å². The zero-order valence-corrected chi connectivity index (χ0v) is 9.03. The second kappa shape index (κ2) is 5.35. The number of aliphatic hydroxyl groups excluding tert-OH is 1. The number of ether oxygens (including phenoxy) is 1. The molecular formula is C11H20O3. The quantitative estimate of drug-likeness (QED) is 0.707. The summed E-state index contributed by atoms with van der Waals surface area (Å²) in [5, 5.41) is 9.68. The minimum Gasteiger partial charge on any atom is -0.460 e. The van der Waals surface area contributed by atoms with Crippen LogP contribution in [0.4, 0.5) is 0 Å². The molecule has 1 rings (SSSR count). The molecular weight excluding hydrogens is 180 g/mol. The molecule has 0 saturated heterocycles. The van der Waals surface area contributed by atoms with Crippen molar-refractivity contribution in [3.63, 3.8) is 0 Å². The normalized spacial score (nSPS) is 32.6. The summed E-state index contributed by atoms with van der Waals surface area (Å²) in [4.78, 5) is 11.2. The van der Waals surface area contributed by atoms with Gasteiger partial charge in [0, 0.05) is 6.42 Å². The van der Waals surface area contributed by atoms with Crippen LogP contribution in [0.3, 0.4) is 0 Å². The molecule has 3 nitrogen and oxygen atoms in total. The van der Waals surface area contributed by atoms with Crippen LogP contribution in [0.2, 0.25) is 0 Å². The molecule has 1 N–H and O–H groups in total. The van der Waals surface area contributed by atoms with Crippen LogP contribution < -0.4 is 0 Å². The average molecular weight is 200 g/mol. The zero-order valence-electron chi connectivity index (χ0n) is 9.03. The first-order valence-corrected chi connectivity index (χ1v) is 5.51. The molecule has 0 bridgehead atoms. The summed E-state index contributed by atoms with van der Waals surface area (Å²) in [5.74, 6) is 0.372. The summed E-state index contributed by atoms with van der Waals surface area (Å²) in [6.45, 7) is 4.06. The lowest BCUT2D eigenvalue weighted by Gasteiger charge is -2.30. The van der Waals surface area contributed by atoms with Gasteiger partial charge in [0.05, 0.1) is 6.10 Å². The fourth-order valence-corrected chi connectivity index (χ4v) is 1.89. The lowest BCUT2D eigenvalue weighted by atomic mass is 9.86. The Balaban J connectivity index is 2.33. The lowest BCUT2D eigenvalue weighted by molar-refractivity contribution is -0.158. The minimum atomic E-state index is -0.459. The van der Waals surface area contributed by atoms with Crippen LogP contribution >= 0.6 is 0 Å². The maximum absolute atomic E-state index is 11.2. The summed E-state index contributed by atoms with van der Waals surface area (Å²) in [6.07, 6.45) is 3.14. The third kappa shape index (κ3) is 3.29. The molecule has 1 aliphatic carbocycles. The van der Waals surface area contributed by atoms with Gasteiger partial charge in [-0.1, -0.05) is 13.8 Å². The molecule has 1 fully saturated rings. The Kier molecular flexibility index (Phi) is 4.39. The van der Waals surface area contributed by atoms with Crippen LogP contribution in [-0.2, 0) is 9.53 Å². The summed E-state index contributed by atoms with van der Waals surface area (Å²) in [5.41, 5.74) is 0. The molecule has 0 heterocycles. The van der Waals surface area contributed by atoms with Crippen LogP contribution in [0.1, 0.15) is 46.0 Å². The Morgan fingerprint density at radius 1 is 1.50 bits per heavy atom. The van der Waals surface area contributed by atoms with Crippen molar-refractivity contribution in [2.45, 2.75) is 58.2 Å². The van der Waals surface area contributed by atoms with Gasteiger partial charge < -0.3 is 9.84 Å². The van der Waals surface area contributed by atoms with Crippen molar-refractivity contribution in [2.75, 3.05) is 0 Å². The molecule has 0 aliphatic heterocycles. The highest BCUT2D eigenvalue weighted by Gasteiger charge is 2.29. The molecule has 3 unspecified atom stereocenters. The van der Waals surface area contributed by atoms with Gasteiger partial charge in [0.15, 0.2) is 0 Å². The van der Waals surface area contributed by atoms with Gasteiger partial charge in [-0.15, -0.1) is 0 Å². The first-order chi connectivity index (χ1) is 6.63. The average Bonchev–Trinajstić information content (AvgIpc) is 2.10. The third-order valence-corrected chi connectivity index (χ3v) is 2.75. The second-order valence-electron chi connectivity index (χ2n) is 4.26. The first kappa shape index (κ1) is 11.5. The SMILES string of the molecule is CCCC(=O)OC1CCC(C)CC1O. The molecule has 3 atom stereocenters. The van der Waals surface area contributed by atoms with E-state index in [-0.39, 0.29) is 12.1 Å². The van der Waals surface area contributed by atoms with Crippen LogP contribution in [0.5, 0.6) is 0 Å². The predicted molar refractivity (Wildman–Crippen MR) is 53.8 cm³/mol. The Hall–Kier alpha value is -0.570. The van der Waals surface area contributed by atoms with Crippen LogP contribution in [0, 0.1) is 5.92 Å². The molecule has 1 aliphatic rings. The number of rotatable bonds is 3. The monoisotopic (exact) mass is 200 g/mol. The van der Waals surface area contributed by atoms with E-state index in [4.69, 9.17) is 4.74 Å². The van der Waals surface area contributed by atoms with Gasteiger partial charge in [-0.25, -0.2) is 0 Å². The topological polar surface area (TPSA) is 46.5 Å². The number of esters is 1. The van der Waals surface area contributed by atoms with E-state index in [2.05, 4.69) is 6.92 Å². The van der Waals surface area contributed by atoms with E-state index >= 15 is 0 Å². The molecule has 0 radical (unpaired) electrons. The molecule has 0 aromatic carbocycles. The molecule has 82 valence electrons. The number of hydrogen-bond donors (Lipinski definition) is 1. The predicted octanol–water partition coefficient (Wildman–Crippen LogP) is 1.88. The van der Waals surface area contributed by atoms with Gasteiger partial charge in [-0.05, 0) is 31.6 Å². The lowest BCUT2D eigenvalue weighted by Crippen LogP contribution is -2.36. The molecule has 0 aromatic heterocycles. The third-order valence-electron chi connectivity index (χ3n) is 2.75. The summed E-state index contributed by atoms with van der Waals surface area (Å²) < 4.78 is 5.20. The molecule has 0 spiro atoms.